The molecule has 3 atom stereocenters. The summed E-state index contributed by atoms with van der Waals surface area (Å²) in [6.45, 7) is 9.45. The summed E-state index contributed by atoms with van der Waals surface area (Å²) in [5.74, 6) is 0.475. The second kappa shape index (κ2) is 7.84. The van der Waals surface area contributed by atoms with E-state index in [-0.39, 0.29) is 12.1 Å². The average Bonchev–Trinajstić information content (AvgIpc) is 2.71. The molecule has 1 amide bonds. The molecule has 5 heteroatoms. The van der Waals surface area contributed by atoms with Crippen molar-refractivity contribution in [2.24, 2.45) is 5.92 Å². The fraction of sp³-hybridized carbons (Fsp3) is 0.933. The van der Waals surface area contributed by atoms with Gasteiger partial charge in [-0.25, -0.2) is 4.79 Å². The van der Waals surface area contributed by atoms with Crippen molar-refractivity contribution in [1.29, 1.82) is 0 Å². The Balaban J connectivity index is 2.35. The quantitative estimate of drug-likeness (QED) is 0.786. The topological polar surface area (TPSA) is 59.6 Å². The van der Waals surface area contributed by atoms with Gasteiger partial charge in [-0.2, -0.15) is 0 Å². The molecule has 0 radical (unpaired) electrons. The normalized spacial score (nSPS) is 24.4. The van der Waals surface area contributed by atoms with Crippen LogP contribution in [0.2, 0.25) is 0 Å². The van der Waals surface area contributed by atoms with Crippen LogP contribution in [0.4, 0.5) is 4.79 Å². The van der Waals surface area contributed by atoms with E-state index < -0.39 is 5.60 Å². The molecule has 0 aliphatic heterocycles. The van der Waals surface area contributed by atoms with Crippen molar-refractivity contribution in [2.45, 2.75) is 64.6 Å². The van der Waals surface area contributed by atoms with Crippen LogP contribution < -0.4 is 10.6 Å². The Labute approximate surface area is 122 Å². The van der Waals surface area contributed by atoms with E-state index in [0.717, 1.165) is 32.4 Å². The third-order valence-corrected chi connectivity index (χ3v) is 3.40. The van der Waals surface area contributed by atoms with Gasteiger partial charge in [0.25, 0.3) is 0 Å². The van der Waals surface area contributed by atoms with E-state index in [1.54, 1.807) is 7.11 Å². The Morgan fingerprint density at radius 2 is 1.95 bits per heavy atom. The number of hydrogen-bond donors (Lipinski definition) is 2. The second-order valence-corrected chi connectivity index (χ2v) is 6.76. The first kappa shape index (κ1) is 17.2. The Hall–Kier alpha value is -0.810. The lowest BCUT2D eigenvalue weighted by atomic mass is 10.1. The molecular formula is C15H30N2O3. The summed E-state index contributed by atoms with van der Waals surface area (Å²) in [5.41, 5.74) is -0.446. The summed E-state index contributed by atoms with van der Waals surface area (Å²) in [6.07, 6.45) is 2.92. The number of rotatable bonds is 6. The van der Waals surface area contributed by atoms with Crippen LogP contribution in [0, 0.1) is 5.92 Å². The highest BCUT2D eigenvalue weighted by Gasteiger charge is 2.29. The van der Waals surface area contributed by atoms with Gasteiger partial charge in [0.05, 0.1) is 0 Å². The standard InChI is InChI=1S/C15H30N2O3/c1-11(10-19-5)9-16-12-7-6-8-13(12)17-14(18)20-15(2,3)4/h11-13,16H,6-10H2,1-5H3,(H,17,18). The molecular weight excluding hydrogens is 256 g/mol. The number of carbonyl (C=O) groups is 1. The third-order valence-electron chi connectivity index (χ3n) is 3.40. The van der Waals surface area contributed by atoms with Crippen molar-refractivity contribution in [3.05, 3.63) is 0 Å². The summed E-state index contributed by atoms with van der Waals surface area (Å²) < 4.78 is 10.4. The average molecular weight is 286 g/mol. The van der Waals surface area contributed by atoms with Crippen LogP contribution in [0.25, 0.3) is 0 Å². The van der Waals surface area contributed by atoms with Gasteiger partial charge in [0.15, 0.2) is 0 Å². The van der Waals surface area contributed by atoms with Crippen LogP contribution in [-0.2, 0) is 9.47 Å². The number of nitrogens with one attached hydrogen (secondary N) is 2. The third kappa shape index (κ3) is 6.57. The number of carbonyl (C=O) groups excluding carboxylic acids is 1. The van der Waals surface area contributed by atoms with Gasteiger partial charge < -0.3 is 20.1 Å². The molecule has 5 nitrogen and oxygen atoms in total. The molecule has 20 heavy (non-hydrogen) atoms. The van der Waals surface area contributed by atoms with Crippen LogP contribution in [0.1, 0.15) is 47.0 Å². The molecule has 1 aliphatic carbocycles. The first-order valence-corrected chi connectivity index (χ1v) is 7.53. The van der Waals surface area contributed by atoms with Crippen molar-refractivity contribution in [2.75, 3.05) is 20.3 Å². The minimum atomic E-state index is -0.446. The zero-order chi connectivity index (χ0) is 15.2. The van der Waals surface area contributed by atoms with E-state index in [4.69, 9.17) is 9.47 Å². The number of methoxy groups -OCH3 is 1. The van der Waals surface area contributed by atoms with Gasteiger partial charge in [-0.05, 0) is 46.0 Å². The highest BCUT2D eigenvalue weighted by Crippen LogP contribution is 2.20. The van der Waals surface area contributed by atoms with Crippen LogP contribution in [0.5, 0.6) is 0 Å². The number of ether oxygens (including phenoxy) is 2. The lowest BCUT2D eigenvalue weighted by molar-refractivity contribution is 0.0497. The molecule has 1 saturated carbocycles. The molecule has 1 rings (SSSR count). The molecule has 0 bridgehead atoms. The minimum Gasteiger partial charge on any atom is -0.444 e. The van der Waals surface area contributed by atoms with E-state index >= 15 is 0 Å². The summed E-state index contributed by atoms with van der Waals surface area (Å²) in [6, 6.07) is 0.501. The predicted molar refractivity (Wildman–Crippen MR) is 79.8 cm³/mol. The van der Waals surface area contributed by atoms with Crippen molar-refractivity contribution in [3.8, 4) is 0 Å². The molecule has 1 aliphatic rings. The maximum atomic E-state index is 11.8. The molecule has 0 saturated heterocycles. The number of alkyl carbamates (subject to hydrolysis) is 1. The Kier molecular flexibility index (Phi) is 6.76. The van der Waals surface area contributed by atoms with E-state index in [2.05, 4.69) is 17.6 Å². The van der Waals surface area contributed by atoms with Gasteiger partial charge in [-0.15, -0.1) is 0 Å². The minimum absolute atomic E-state index is 0.166. The summed E-state index contributed by atoms with van der Waals surface area (Å²) in [5, 5.41) is 6.52. The SMILES string of the molecule is COCC(C)CNC1CCCC1NC(=O)OC(C)(C)C. The van der Waals surface area contributed by atoms with Crippen molar-refractivity contribution in [3.63, 3.8) is 0 Å². The van der Waals surface area contributed by atoms with E-state index in [1.807, 2.05) is 20.8 Å². The van der Waals surface area contributed by atoms with Crippen molar-refractivity contribution in [1.82, 2.24) is 10.6 Å². The molecule has 0 spiro atoms. The van der Waals surface area contributed by atoms with Gasteiger partial charge in [0, 0.05) is 32.3 Å². The van der Waals surface area contributed by atoms with Gasteiger partial charge in [-0.3, -0.25) is 0 Å². The molecule has 3 unspecified atom stereocenters. The summed E-state index contributed by atoms with van der Waals surface area (Å²) >= 11 is 0. The van der Waals surface area contributed by atoms with Crippen molar-refractivity contribution >= 4 is 6.09 Å². The zero-order valence-electron chi connectivity index (χ0n) is 13.5. The van der Waals surface area contributed by atoms with E-state index in [1.165, 1.54) is 0 Å². The van der Waals surface area contributed by atoms with Crippen LogP contribution in [0.3, 0.4) is 0 Å². The molecule has 0 aromatic heterocycles. The first-order chi connectivity index (χ1) is 9.31. The van der Waals surface area contributed by atoms with Crippen LogP contribution >= 0.6 is 0 Å². The predicted octanol–water partition coefficient (Wildman–Crippen LogP) is 2.30. The smallest absolute Gasteiger partial charge is 0.407 e. The Morgan fingerprint density at radius 3 is 2.55 bits per heavy atom. The summed E-state index contributed by atoms with van der Waals surface area (Å²) in [4.78, 5) is 11.8. The molecule has 1 fully saturated rings. The fourth-order valence-electron chi connectivity index (χ4n) is 2.53. The molecule has 0 heterocycles. The van der Waals surface area contributed by atoms with Gasteiger partial charge >= 0.3 is 6.09 Å². The van der Waals surface area contributed by atoms with E-state index in [0.29, 0.717) is 12.0 Å². The molecule has 0 aromatic rings. The van der Waals surface area contributed by atoms with Crippen molar-refractivity contribution < 1.29 is 14.3 Å². The van der Waals surface area contributed by atoms with Crippen LogP contribution in [-0.4, -0.2) is 44.0 Å². The van der Waals surface area contributed by atoms with Gasteiger partial charge in [-0.1, -0.05) is 6.92 Å². The Morgan fingerprint density at radius 1 is 1.30 bits per heavy atom. The highest BCUT2D eigenvalue weighted by atomic mass is 16.6. The zero-order valence-corrected chi connectivity index (χ0v) is 13.5. The lowest BCUT2D eigenvalue weighted by Gasteiger charge is -2.26. The van der Waals surface area contributed by atoms with Gasteiger partial charge in [0.2, 0.25) is 0 Å². The number of hydrogen-bond acceptors (Lipinski definition) is 4. The molecule has 118 valence electrons. The van der Waals surface area contributed by atoms with Crippen LogP contribution in [0.15, 0.2) is 0 Å². The maximum Gasteiger partial charge on any atom is 0.407 e. The monoisotopic (exact) mass is 286 g/mol. The fourth-order valence-corrected chi connectivity index (χ4v) is 2.53. The summed E-state index contributed by atoms with van der Waals surface area (Å²) in [7, 11) is 1.72. The first-order valence-electron chi connectivity index (χ1n) is 7.53. The maximum absolute atomic E-state index is 11.8. The second-order valence-electron chi connectivity index (χ2n) is 6.76. The van der Waals surface area contributed by atoms with E-state index in [9.17, 15) is 4.79 Å². The largest absolute Gasteiger partial charge is 0.444 e. The molecule has 0 aromatic carbocycles. The Bertz CT molecular complexity index is 302. The lowest BCUT2D eigenvalue weighted by Crippen LogP contribution is -2.49. The molecule has 2 N–H and O–H groups in total. The number of amides is 1. The van der Waals surface area contributed by atoms with Gasteiger partial charge in [0.1, 0.15) is 5.60 Å². The highest BCUT2D eigenvalue weighted by molar-refractivity contribution is 5.68.